The first kappa shape index (κ1) is 21.0. The van der Waals surface area contributed by atoms with Crippen LogP contribution >= 0.6 is 0 Å². The zero-order valence-corrected chi connectivity index (χ0v) is 16.6. The average molecular weight is 405 g/mol. The summed E-state index contributed by atoms with van der Waals surface area (Å²) in [6.45, 7) is 4.98. The van der Waals surface area contributed by atoms with Gasteiger partial charge >= 0.3 is 12.0 Å². The molecule has 3 atom stereocenters. The lowest BCUT2D eigenvalue weighted by atomic mass is 9.88. The minimum atomic E-state index is -1.55. The first-order valence-corrected chi connectivity index (χ1v) is 9.30. The SMILES string of the molecule is C#C[C@]1(CO)O[C@@H](n2cnc3c(N)nc(F)nc32)C[C@@H]1OC(=O)C(C)(C)CCC. The number of fused-ring (bicyclic) bond motifs is 1. The van der Waals surface area contributed by atoms with Crippen LogP contribution in [0.5, 0.6) is 0 Å². The highest BCUT2D eigenvalue weighted by molar-refractivity contribution is 5.81. The number of nitrogen functional groups attached to an aromatic ring is 1. The summed E-state index contributed by atoms with van der Waals surface area (Å²) < 4.78 is 26.7. The van der Waals surface area contributed by atoms with Crippen molar-refractivity contribution in [2.75, 3.05) is 12.3 Å². The Morgan fingerprint density at radius 1 is 1.59 bits per heavy atom. The average Bonchev–Trinajstić information content (AvgIpc) is 3.23. The number of esters is 1. The predicted octanol–water partition coefficient (Wildman–Crippen LogP) is 1.57. The third-order valence-electron chi connectivity index (χ3n) is 5.17. The number of aliphatic hydroxyl groups excluding tert-OH is 1. The minimum Gasteiger partial charge on any atom is -0.458 e. The maximum Gasteiger partial charge on any atom is 0.312 e. The van der Waals surface area contributed by atoms with Crippen molar-refractivity contribution < 1.29 is 23.8 Å². The normalized spacial score (nSPS) is 24.6. The Hall–Kier alpha value is -2.77. The van der Waals surface area contributed by atoms with Gasteiger partial charge in [0, 0.05) is 6.42 Å². The predicted molar refractivity (Wildman–Crippen MR) is 102 cm³/mol. The van der Waals surface area contributed by atoms with Crippen molar-refractivity contribution in [1.29, 1.82) is 0 Å². The van der Waals surface area contributed by atoms with Crippen LogP contribution in [0, 0.1) is 23.8 Å². The number of halogens is 1. The number of hydrogen-bond acceptors (Lipinski definition) is 8. The van der Waals surface area contributed by atoms with Gasteiger partial charge < -0.3 is 20.3 Å². The molecule has 29 heavy (non-hydrogen) atoms. The summed E-state index contributed by atoms with van der Waals surface area (Å²) >= 11 is 0. The summed E-state index contributed by atoms with van der Waals surface area (Å²) in [6.07, 6.45) is 5.83. The highest BCUT2D eigenvalue weighted by atomic mass is 19.1. The van der Waals surface area contributed by atoms with Gasteiger partial charge in [-0.1, -0.05) is 19.3 Å². The summed E-state index contributed by atoms with van der Waals surface area (Å²) in [4.78, 5) is 24.0. The molecule has 3 heterocycles. The molecule has 9 nitrogen and oxygen atoms in total. The van der Waals surface area contributed by atoms with Gasteiger partial charge in [0.15, 0.2) is 22.6 Å². The molecule has 0 unspecified atom stereocenters. The fourth-order valence-electron chi connectivity index (χ4n) is 3.50. The van der Waals surface area contributed by atoms with Crippen molar-refractivity contribution in [3.05, 3.63) is 12.4 Å². The molecule has 1 fully saturated rings. The van der Waals surface area contributed by atoms with E-state index in [9.17, 15) is 14.3 Å². The smallest absolute Gasteiger partial charge is 0.312 e. The Morgan fingerprint density at radius 2 is 2.31 bits per heavy atom. The van der Waals surface area contributed by atoms with Crippen LogP contribution in [0.25, 0.3) is 11.2 Å². The van der Waals surface area contributed by atoms with E-state index in [1.165, 1.54) is 10.9 Å². The molecule has 0 radical (unpaired) electrons. The van der Waals surface area contributed by atoms with Gasteiger partial charge in [-0.25, -0.2) is 4.98 Å². The number of ether oxygens (including phenoxy) is 2. The second-order valence-electron chi connectivity index (χ2n) is 7.73. The lowest BCUT2D eigenvalue weighted by molar-refractivity contribution is -0.169. The molecule has 2 aromatic heterocycles. The van der Waals surface area contributed by atoms with Crippen LogP contribution in [0.15, 0.2) is 6.33 Å². The standard InChI is InChI=1S/C19H24FN5O4/c1-5-7-18(3,4)16(27)28-11-8-12(29-19(11,6-2)9-26)25-10-22-13-14(21)23-17(20)24-15(13)25/h2,10-12,26H,5,7-9H2,1,3-4H3,(H2,21,23,24)/t11-,12+,19+/m0/s1. The molecular formula is C19H24FN5O4. The fraction of sp³-hybridized carbons (Fsp3) is 0.579. The molecule has 1 aliphatic heterocycles. The number of carbonyl (C=O) groups excluding carboxylic acids is 1. The number of terminal acetylenes is 1. The summed E-state index contributed by atoms with van der Waals surface area (Å²) in [6, 6.07) is 0. The van der Waals surface area contributed by atoms with Crippen molar-refractivity contribution in [1.82, 2.24) is 19.5 Å². The van der Waals surface area contributed by atoms with Crippen molar-refractivity contribution in [3.8, 4) is 12.3 Å². The second kappa shape index (κ2) is 7.57. The van der Waals surface area contributed by atoms with E-state index in [-0.39, 0.29) is 23.4 Å². The van der Waals surface area contributed by atoms with E-state index in [4.69, 9.17) is 21.6 Å². The van der Waals surface area contributed by atoms with E-state index in [0.29, 0.717) is 6.42 Å². The van der Waals surface area contributed by atoms with Gasteiger partial charge in [-0.05, 0) is 20.3 Å². The van der Waals surface area contributed by atoms with E-state index in [1.54, 1.807) is 13.8 Å². The van der Waals surface area contributed by atoms with E-state index in [0.717, 1.165) is 6.42 Å². The number of aliphatic hydroxyl groups is 1. The Balaban J connectivity index is 1.93. The molecular weight excluding hydrogens is 381 g/mol. The van der Waals surface area contributed by atoms with Crippen molar-refractivity contribution >= 4 is 23.0 Å². The lowest BCUT2D eigenvalue weighted by Gasteiger charge is -2.30. The number of hydrogen-bond donors (Lipinski definition) is 2. The van der Waals surface area contributed by atoms with Gasteiger partial charge in [-0.15, -0.1) is 6.42 Å². The van der Waals surface area contributed by atoms with Crippen LogP contribution in [-0.2, 0) is 14.3 Å². The van der Waals surface area contributed by atoms with E-state index in [1.807, 2.05) is 6.92 Å². The summed E-state index contributed by atoms with van der Waals surface area (Å²) in [7, 11) is 0. The summed E-state index contributed by atoms with van der Waals surface area (Å²) in [5.74, 6) is 1.87. The number of nitrogens with two attached hydrogens (primary N) is 1. The number of imidazole rings is 1. The Kier molecular flexibility index (Phi) is 5.47. The van der Waals surface area contributed by atoms with E-state index >= 15 is 0 Å². The molecule has 10 heteroatoms. The maximum absolute atomic E-state index is 13.7. The fourth-order valence-corrected chi connectivity index (χ4v) is 3.50. The maximum atomic E-state index is 13.7. The lowest BCUT2D eigenvalue weighted by Crippen LogP contribution is -2.45. The van der Waals surface area contributed by atoms with Crippen LogP contribution in [0.2, 0.25) is 0 Å². The van der Waals surface area contributed by atoms with Crippen LogP contribution in [0.3, 0.4) is 0 Å². The van der Waals surface area contributed by atoms with Crippen molar-refractivity contribution in [3.63, 3.8) is 0 Å². The number of carbonyl (C=O) groups is 1. The highest BCUT2D eigenvalue weighted by Crippen LogP contribution is 2.40. The van der Waals surface area contributed by atoms with Gasteiger partial charge in [0.1, 0.15) is 12.3 Å². The highest BCUT2D eigenvalue weighted by Gasteiger charge is 2.52. The zero-order valence-electron chi connectivity index (χ0n) is 16.6. The minimum absolute atomic E-state index is 0.112. The summed E-state index contributed by atoms with van der Waals surface area (Å²) in [5, 5.41) is 9.93. The molecule has 1 saturated heterocycles. The molecule has 0 amide bonds. The monoisotopic (exact) mass is 405 g/mol. The van der Waals surface area contributed by atoms with Gasteiger partial charge in [0.25, 0.3) is 0 Å². The molecule has 3 rings (SSSR count). The number of nitrogens with zero attached hydrogens (tertiary/aromatic N) is 4. The summed E-state index contributed by atoms with van der Waals surface area (Å²) in [5.41, 5.74) is 3.75. The number of anilines is 1. The Bertz CT molecular complexity index is 969. The van der Waals surface area contributed by atoms with E-state index in [2.05, 4.69) is 20.9 Å². The first-order chi connectivity index (χ1) is 13.7. The van der Waals surface area contributed by atoms with Crippen LogP contribution in [0.4, 0.5) is 10.2 Å². The second-order valence-corrected chi connectivity index (χ2v) is 7.73. The molecule has 0 saturated carbocycles. The zero-order chi connectivity index (χ0) is 21.4. The third-order valence-corrected chi connectivity index (χ3v) is 5.17. The molecule has 3 N–H and O–H groups in total. The molecule has 0 spiro atoms. The Labute approximate surface area is 167 Å². The quantitative estimate of drug-likeness (QED) is 0.421. The van der Waals surface area contributed by atoms with Crippen LogP contribution in [-0.4, -0.2) is 48.9 Å². The first-order valence-electron chi connectivity index (χ1n) is 9.30. The van der Waals surface area contributed by atoms with Crippen molar-refractivity contribution in [2.24, 2.45) is 5.41 Å². The Morgan fingerprint density at radius 3 is 2.93 bits per heavy atom. The molecule has 0 bridgehead atoms. The van der Waals surface area contributed by atoms with Crippen LogP contribution in [0.1, 0.15) is 46.3 Å². The van der Waals surface area contributed by atoms with Crippen LogP contribution < -0.4 is 5.73 Å². The number of aromatic nitrogens is 4. The molecule has 2 aromatic rings. The molecule has 156 valence electrons. The number of rotatable bonds is 6. The van der Waals surface area contributed by atoms with Gasteiger partial charge in [-0.3, -0.25) is 9.36 Å². The largest absolute Gasteiger partial charge is 0.458 e. The molecule has 0 aliphatic carbocycles. The third kappa shape index (κ3) is 3.63. The van der Waals surface area contributed by atoms with E-state index < -0.39 is 42.0 Å². The van der Waals surface area contributed by atoms with Gasteiger partial charge in [-0.2, -0.15) is 14.4 Å². The van der Waals surface area contributed by atoms with Crippen molar-refractivity contribution in [2.45, 2.75) is 58.0 Å². The topological polar surface area (TPSA) is 125 Å². The molecule has 0 aromatic carbocycles. The van der Waals surface area contributed by atoms with Gasteiger partial charge in [0.2, 0.25) is 0 Å². The van der Waals surface area contributed by atoms with Gasteiger partial charge in [0.05, 0.1) is 18.3 Å². The molecule has 1 aliphatic rings.